The van der Waals surface area contributed by atoms with Gasteiger partial charge in [-0.1, -0.05) is 12.1 Å². The monoisotopic (exact) mass is 277 g/mol. The highest BCUT2D eigenvalue weighted by molar-refractivity contribution is 7.98. The molecule has 0 saturated heterocycles. The molecule has 6 nitrogen and oxygen atoms in total. The van der Waals surface area contributed by atoms with Crippen molar-refractivity contribution in [3.63, 3.8) is 0 Å². The van der Waals surface area contributed by atoms with Crippen LogP contribution in [-0.2, 0) is 5.75 Å². The minimum Gasteiger partial charge on any atom is -0.310 e. The number of non-ortho nitro benzene ring substituents is 1. The van der Waals surface area contributed by atoms with E-state index in [1.807, 2.05) is 0 Å². The Labute approximate surface area is 113 Å². The Morgan fingerprint density at radius 3 is 2.63 bits per heavy atom. The summed E-state index contributed by atoms with van der Waals surface area (Å²) in [5.41, 5.74) is 1.40. The highest BCUT2D eigenvalue weighted by atomic mass is 32.2. The van der Waals surface area contributed by atoms with E-state index in [2.05, 4.69) is 9.97 Å². The van der Waals surface area contributed by atoms with Gasteiger partial charge in [0.15, 0.2) is 0 Å². The SMILES string of the molecule is Cc1cc(SCc2ccc([N+](=O)[O-])cc2)nc(=O)[nH]1. The first-order chi connectivity index (χ1) is 9.04. The van der Waals surface area contributed by atoms with Crippen molar-refractivity contribution in [2.24, 2.45) is 0 Å². The summed E-state index contributed by atoms with van der Waals surface area (Å²) in [5.74, 6) is 0.605. The molecule has 0 unspecified atom stereocenters. The average molecular weight is 277 g/mol. The number of aryl methyl sites for hydroxylation is 1. The third kappa shape index (κ3) is 3.65. The molecule has 2 rings (SSSR count). The van der Waals surface area contributed by atoms with Gasteiger partial charge in [0.05, 0.1) is 4.92 Å². The number of nitro groups is 1. The molecule has 1 aromatic carbocycles. The summed E-state index contributed by atoms with van der Waals surface area (Å²) in [7, 11) is 0. The van der Waals surface area contributed by atoms with Gasteiger partial charge in [-0.25, -0.2) is 4.79 Å². The van der Waals surface area contributed by atoms with E-state index in [4.69, 9.17) is 0 Å². The number of nitrogens with zero attached hydrogens (tertiary/aromatic N) is 2. The van der Waals surface area contributed by atoms with E-state index in [-0.39, 0.29) is 11.4 Å². The number of aromatic nitrogens is 2. The lowest BCUT2D eigenvalue weighted by Crippen LogP contribution is -2.11. The highest BCUT2D eigenvalue weighted by Crippen LogP contribution is 2.21. The first kappa shape index (κ1) is 13.3. The van der Waals surface area contributed by atoms with Crippen molar-refractivity contribution in [2.75, 3.05) is 0 Å². The van der Waals surface area contributed by atoms with Crippen LogP contribution < -0.4 is 5.69 Å². The predicted molar refractivity (Wildman–Crippen MR) is 72.3 cm³/mol. The maximum atomic E-state index is 11.2. The molecule has 0 radical (unpaired) electrons. The summed E-state index contributed by atoms with van der Waals surface area (Å²) >= 11 is 1.42. The van der Waals surface area contributed by atoms with E-state index in [9.17, 15) is 14.9 Å². The molecule has 0 amide bonds. The normalized spacial score (nSPS) is 10.4. The molecule has 1 heterocycles. The zero-order valence-electron chi connectivity index (χ0n) is 10.1. The van der Waals surface area contributed by atoms with E-state index in [1.165, 1.54) is 23.9 Å². The fourth-order valence-electron chi connectivity index (χ4n) is 1.50. The van der Waals surface area contributed by atoms with Crippen LogP contribution in [0.4, 0.5) is 5.69 Å². The van der Waals surface area contributed by atoms with Crippen LogP contribution in [0.1, 0.15) is 11.3 Å². The van der Waals surface area contributed by atoms with E-state index < -0.39 is 4.92 Å². The fraction of sp³-hybridized carbons (Fsp3) is 0.167. The van der Waals surface area contributed by atoms with Gasteiger partial charge < -0.3 is 4.98 Å². The zero-order chi connectivity index (χ0) is 13.8. The number of thioether (sulfide) groups is 1. The zero-order valence-corrected chi connectivity index (χ0v) is 10.9. The standard InChI is InChI=1S/C12H11N3O3S/c1-8-6-11(14-12(16)13-8)19-7-9-2-4-10(5-3-9)15(17)18/h2-6H,7H2,1H3,(H,13,14,16). The number of rotatable bonds is 4. The van der Waals surface area contributed by atoms with Crippen LogP contribution in [-0.4, -0.2) is 14.9 Å². The molecule has 1 aromatic heterocycles. The molecule has 0 spiro atoms. The van der Waals surface area contributed by atoms with Gasteiger partial charge in [0.25, 0.3) is 5.69 Å². The molecule has 0 bridgehead atoms. The lowest BCUT2D eigenvalue weighted by atomic mass is 10.2. The minimum absolute atomic E-state index is 0.0684. The van der Waals surface area contributed by atoms with E-state index in [0.29, 0.717) is 10.8 Å². The number of hydrogen-bond donors (Lipinski definition) is 1. The summed E-state index contributed by atoms with van der Waals surface area (Å²) in [6, 6.07) is 8.12. The molecule has 7 heteroatoms. The quantitative estimate of drug-likeness (QED) is 0.401. The molecular weight excluding hydrogens is 266 g/mol. The van der Waals surface area contributed by atoms with Crippen molar-refractivity contribution < 1.29 is 4.92 Å². The summed E-state index contributed by atoms with van der Waals surface area (Å²) < 4.78 is 0. The maximum absolute atomic E-state index is 11.2. The molecule has 0 aliphatic heterocycles. The molecule has 0 aliphatic rings. The van der Waals surface area contributed by atoms with Gasteiger partial charge in [0.1, 0.15) is 5.03 Å². The van der Waals surface area contributed by atoms with Crippen LogP contribution in [0.5, 0.6) is 0 Å². The van der Waals surface area contributed by atoms with Gasteiger partial charge in [0.2, 0.25) is 0 Å². The van der Waals surface area contributed by atoms with Crippen molar-refractivity contribution in [2.45, 2.75) is 17.7 Å². The summed E-state index contributed by atoms with van der Waals surface area (Å²) in [6.07, 6.45) is 0. The van der Waals surface area contributed by atoms with Crippen molar-refractivity contribution in [3.8, 4) is 0 Å². The van der Waals surface area contributed by atoms with Gasteiger partial charge in [-0.15, -0.1) is 11.8 Å². The first-order valence-corrected chi connectivity index (χ1v) is 6.47. The summed E-state index contributed by atoms with van der Waals surface area (Å²) in [6.45, 7) is 1.79. The Hall–Kier alpha value is -2.15. The van der Waals surface area contributed by atoms with Gasteiger partial charge in [-0.2, -0.15) is 4.98 Å². The van der Waals surface area contributed by atoms with Crippen molar-refractivity contribution in [1.82, 2.24) is 9.97 Å². The Bertz CT molecular complexity index is 652. The summed E-state index contributed by atoms with van der Waals surface area (Å²) in [4.78, 5) is 27.7. The molecule has 0 atom stereocenters. The molecule has 1 N–H and O–H groups in total. The Balaban J connectivity index is 2.06. The largest absolute Gasteiger partial charge is 0.346 e. The topological polar surface area (TPSA) is 88.9 Å². The van der Waals surface area contributed by atoms with Crippen LogP contribution in [0.25, 0.3) is 0 Å². The van der Waals surface area contributed by atoms with Crippen molar-refractivity contribution in [1.29, 1.82) is 0 Å². The van der Waals surface area contributed by atoms with Gasteiger partial charge in [0, 0.05) is 23.6 Å². The van der Waals surface area contributed by atoms with E-state index in [0.717, 1.165) is 11.3 Å². The Kier molecular flexibility index (Phi) is 3.96. The second-order valence-corrected chi connectivity index (χ2v) is 4.92. The number of H-pyrrole nitrogens is 1. The van der Waals surface area contributed by atoms with Crippen LogP contribution in [0, 0.1) is 17.0 Å². The van der Waals surface area contributed by atoms with E-state index >= 15 is 0 Å². The van der Waals surface area contributed by atoms with Crippen LogP contribution in [0.15, 0.2) is 40.2 Å². The minimum atomic E-state index is -0.432. The number of benzene rings is 1. The third-order valence-electron chi connectivity index (χ3n) is 2.39. The second-order valence-electron chi connectivity index (χ2n) is 3.92. The lowest BCUT2D eigenvalue weighted by molar-refractivity contribution is -0.384. The molecule has 0 fully saturated rings. The van der Waals surface area contributed by atoms with Gasteiger partial charge >= 0.3 is 5.69 Å². The molecule has 98 valence electrons. The van der Waals surface area contributed by atoms with Crippen molar-refractivity contribution in [3.05, 3.63) is 62.2 Å². The van der Waals surface area contributed by atoms with Crippen molar-refractivity contribution >= 4 is 17.4 Å². The maximum Gasteiger partial charge on any atom is 0.346 e. The van der Waals surface area contributed by atoms with Crippen LogP contribution in [0.2, 0.25) is 0 Å². The summed E-state index contributed by atoms with van der Waals surface area (Å²) in [5, 5.41) is 11.2. The van der Waals surface area contributed by atoms with Gasteiger partial charge in [-0.3, -0.25) is 10.1 Å². The van der Waals surface area contributed by atoms with Crippen LogP contribution in [0.3, 0.4) is 0 Å². The molecular formula is C12H11N3O3S. The molecule has 0 saturated carbocycles. The molecule has 0 aliphatic carbocycles. The molecule has 2 aromatic rings. The fourth-order valence-corrected chi connectivity index (χ4v) is 2.41. The second kappa shape index (κ2) is 5.66. The number of aromatic amines is 1. The third-order valence-corrected chi connectivity index (χ3v) is 3.37. The Morgan fingerprint density at radius 2 is 2.05 bits per heavy atom. The van der Waals surface area contributed by atoms with Crippen LogP contribution >= 0.6 is 11.8 Å². The first-order valence-electron chi connectivity index (χ1n) is 5.49. The van der Waals surface area contributed by atoms with Gasteiger partial charge in [-0.05, 0) is 18.6 Å². The highest BCUT2D eigenvalue weighted by Gasteiger charge is 2.05. The average Bonchev–Trinajstić information content (AvgIpc) is 2.36. The Morgan fingerprint density at radius 1 is 1.37 bits per heavy atom. The predicted octanol–water partition coefficient (Wildman–Crippen LogP) is 2.28. The number of nitro benzene ring substituents is 1. The lowest BCUT2D eigenvalue weighted by Gasteiger charge is -2.01. The number of hydrogen-bond acceptors (Lipinski definition) is 5. The van der Waals surface area contributed by atoms with E-state index in [1.54, 1.807) is 25.1 Å². The molecule has 19 heavy (non-hydrogen) atoms. The number of nitrogens with one attached hydrogen (secondary N) is 1. The smallest absolute Gasteiger partial charge is 0.310 e.